The van der Waals surface area contributed by atoms with Crippen molar-refractivity contribution in [3.05, 3.63) is 29.8 Å². The highest BCUT2D eigenvalue weighted by Crippen LogP contribution is 2.19. The predicted molar refractivity (Wildman–Crippen MR) is 81.3 cm³/mol. The van der Waals surface area contributed by atoms with Gasteiger partial charge < -0.3 is 19.5 Å². The minimum Gasteiger partial charge on any atom is -0.491 e. The molecule has 0 spiro atoms. The van der Waals surface area contributed by atoms with E-state index in [0.29, 0.717) is 6.61 Å². The molecule has 1 atom stereocenters. The maximum atomic E-state index is 5.66. The quantitative estimate of drug-likeness (QED) is 0.669. The summed E-state index contributed by atoms with van der Waals surface area (Å²) >= 11 is 0. The molecule has 4 heteroatoms. The van der Waals surface area contributed by atoms with Crippen LogP contribution in [0, 0.1) is 0 Å². The zero-order valence-corrected chi connectivity index (χ0v) is 13.0. The Hall–Kier alpha value is -1.10. The van der Waals surface area contributed by atoms with Gasteiger partial charge in [-0.05, 0) is 45.0 Å². The van der Waals surface area contributed by atoms with Crippen molar-refractivity contribution in [2.45, 2.75) is 32.4 Å². The van der Waals surface area contributed by atoms with E-state index in [-0.39, 0.29) is 12.1 Å². The third-order valence-corrected chi connectivity index (χ3v) is 2.92. The zero-order chi connectivity index (χ0) is 14.8. The summed E-state index contributed by atoms with van der Waals surface area (Å²) in [6, 6.07) is 8.37. The molecule has 1 rings (SSSR count). The molecule has 1 aromatic carbocycles. The van der Waals surface area contributed by atoms with Gasteiger partial charge in [-0.3, -0.25) is 0 Å². The number of hydrogen-bond donors (Lipinski definition) is 1. The first-order valence-corrected chi connectivity index (χ1v) is 7.18. The average Bonchev–Trinajstić information content (AvgIpc) is 2.43. The lowest BCUT2D eigenvalue weighted by Gasteiger charge is -2.18. The molecule has 0 aliphatic heterocycles. The zero-order valence-electron chi connectivity index (χ0n) is 13.0. The van der Waals surface area contributed by atoms with E-state index >= 15 is 0 Å². The molecule has 0 fully saturated rings. The average molecular weight is 281 g/mol. The number of ether oxygens (including phenoxy) is 3. The molecular formula is C16H27NO3. The summed E-state index contributed by atoms with van der Waals surface area (Å²) < 4.78 is 16.3. The number of likely N-dealkylation sites (N-methyl/N-ethyl adjacent to an activating group) is 1. The van der Waals surface area contributed by atoms with Crippen LogP contribution in [0.1, 0.15) is 31.9 Å². The van der Waals surface area contributed by atoms with Gasteiger partial charge in [0.1, 0.15) is 5.75 Å². The third-order valence-electron chi connectivity index (χ3n) is 2.92. The highest BCUT2D eigenvalue weighted by Gasteiger charge is 2.09. The van der Waals surface area contributed by atoms with Crippen LogP contribution in [-0.4, -0.2) is 40.1 Å². The summed E-state index contributed by atoms with van der Waals surface area (Å²) in [5.41, 5.74) is 1.20. The van der Waals surface area contributed by atoms with Crippen molar-refractivity contribution in [2.75, 3.05) is 34.0 Å². The number of benzene rings is 1. The fourth-order valence-corrected chi connectivity index (χ4v) is 1.90. The van der Waals surface area contributed by atoms with Crippen molar-refractivity contribution in [2.24, 2.45) is 0 Å². The summed E-state index contributed by atoms with van der Waals surface area (Å²) in [7, 11) is 3.65. The van der Waals surface area contributed by atoms with Crippen LogP contribution in [-0.2, 0) is 9.47 Å². The van der Waals surface area contributed by atoms with Crippen molar-refractivity contribution in [3.63, 3.8) is 0 Å². The molecule has 0 aliphatic carbocycles. The van der Waals surface area contributed by atoms with E-state index in [9.17, 15) is 0 Å². The van der Waals surface area contributed by atoms with Crippen LogP contribution in [0.25, 0.3) is 0 Å². The molecule has 1 unspecified atom stereocenters. The predicted octanol–water partition coefficient (Wildman–Crippen LogP) is 2.79. The van der Waals surface area contributed by atoms with Crippen LogP contribution < -0.4 is 10.1 Å². The molecule has 0 aromatic heterocycles. The molecule has 0 saturated carbocycles. The van der Waals surface area contributed by atoms with E-state index < -0.39 is 0 Å². The maximum Gasteiger partial charge on any atom is 0.119 e. The molecule has 0 saturated heterocycles. The van der Waals surface area contributed by atoms with Gasteiger partial charge in [0.2, 0.25) is 0 Å². The van der Waals surface area contributed by atoms with Gasteiger partial charge in [-0.2, -0.15) is 0 Å². The second-order valence-electron chi connectivity index (χ2n) is 5.00. The molecule has 0 bridgehead atoms. The Kier molecular flexibility index (Phi) is 8.26. The number of rotatable bonds is 10. The highest BCUT2D eigenvalue weighted by atomic mass is 16.5. The maximum absolute atomic E-state index is 5.66. The number of methoxy groups -OCH3 is 1. The SMILES string of the molecule is CNC(COCCCOC)c1ccc(OC(C)C)cc1. The third kappa shape index (κ3) is 6.37. The summed E-state index contributed by atoms with van der Waals surface area (Å²) in [6.07, 6.45) is 1.12. The number of hydrogen-bond acceptors (Lipinski definition) is 4. The normalized spacial score (nSPS) is 12.7. The Bertz CT molecular complexity index is 351. The summed E-state index contributed by atoms with van der Waals surface area (Å²) in [6.45, 7) is 6.17. The Morgan fingerprint density at radius 1 is 1.10 bits per heavy atom. The van der Waals surface area contributed by atoms with Crippen LogP contribution in [0.3, 0.4) is 0 Å². The molecule has 0 amide bonds. The molecule has 1 N–H and O–H groups in total. The van der Waals surface area contributed by atoms with E-state index in [1.165, 1.54) is 5.56 Å². The van der Waals surface area contributed by atoms with Gasteiger partial charge in [-0.1, -0.05) is 12.1 Å². The Labute approximate surface area is 122 Å². The Morgan fingerprint density at radius 2 is 1.80 bits per heavy atom. The molecule has 0 aliphatic rings. The van der Waals surface area contributed by atoms with Crippen molar-refractivity contribution in [3.8, 4) is 5.75 Å². The smallest absolute Gasteiger partial charge is 0.119 e. The van der Waals surface area contributed by atoms with E-state index in [4.69, 9.17) is 14.2 Å². The summed E-state index contributed by atoms with van der Waals surface area (Å²) in [5, 5.41) is 3.27. The van der Waals surface area contributed by atoms with Crippen LogP contribution in [0.2, 0.25) is 0 Å². The first kappa shape index (κ1) is 17.0. The molecule has 20 heavy (non-hydrogen) atoms. The van der Waals surface area contributed by atoms with Gasteiger partial charge in [0, 0.05) is 20.3 Å². The van der Waals surface area contributed by atoms with E-state index in [1.54, 1.807) is 7.11 Å². The van der Waals surface area contributed by atoms with Gasteiger partial charge >= 0.3 is 0 Å². The summed E-state index contributed by atoms with van der Waals surface area (Å²) in [4.78, 5) is 0. The first-order chi connectivity index (χ1) is 9.67. The molecule has 0 radical (unpaired) electrons. The fraction of sp³-hybridized carbons (Fsp3) is 0.625. The monoisotopic (exact) mass is 281 g/mol. The van der Waals surface area contributed by atoms with Crippen LogP contribution in [0.15, 0.2) is 24.3 Å². The Balaban J connectivity index is 2.44. The van der Waals surface area contributed by atoms with Crippen molar-refractivity contribution in [1.82, 2.24) is 5.32 Å². The molecule has 1 aromatic rings. The Morgan fingerprint density at radius 3 is 2.35 bits per heavy atom. The fourth-order valence-electron chi connectivity index (χ4n) is 1.90. The van der Waals surface area contributed by atoms with Crippen LogP contribution >= 0.6 is 0 Å². The van der Waals surface area contributed by atoms with Gasteiger partial charge in [-0.15, -0.1) is 0 Å². The van der Waals surface area contributed by atoms with Gasteiger partial charge in [0.15, 0.2) is 0 Å². The van der Waals surface area contributed by atoms with E-state index in [1.807, 2.05) is 33.0 Å². The van der Waals surface area contributed by atoms with Crippen molar-refractivity contribution >= 4 is 0 Å². The van der Waals surface area contributed by atoms with Crippen LogP contribution in [0.4, 0.5) is 0 Å². The lowest BCUT2D eigenvalue weighted by atomic mass is 10.1. The minimum absolute atomic E-state index is 0.199. The van der Waals surface area contributed by atoms with Crippen molar-refractivity contribution in [1.29, 1.82) is 0 Å². The largest absolute Gasteiger partial charge is 0.491 e. The molecule has 114 valence electrons. The minimum atomic E-state index is 0.199. The lowest BCUT2D eigenvalue weighted by Crippen LogP contribution is -2.22. The highest BCUT2D eigenvalue weighted by molar-refractivity contribution is 5.29. The molecular weight excluding hydrogens is 254 g/mol. The number of nitrogens with one attached hydrogen (secondary N) is 1. The van der Waals surface area contributed by atoms with Crippen LogP contribution in [0.5, 0.6) is 5.75 Å². The van der Waals surface area contributed by atoms with E-state index in [0.717, 1.165) is 25.4 Å². The van der Waals surface area contributed by atoms with E-state index in [2.05, 4.69) is 17.4 Å². The first-order valence-electron chi connectivity index (χ1n) is 7.18. The topological polar surface area (TPSA) is 39.7 Å². The lowest BCUT2D eigenvalue weighted by molar-refractivity contribution is 0.0889. The second kappa shape index (κ2) is 9.75. The standard InChI is InChI=1S/C16H27NO3/c1-13(2)20-15-8-6-14(7-9-15)16(17-3)12-19-11-5-10-18-4/h6-9,13,16-17H,5,10-12H2,1-4H3. The van der Waals surface area contributed by atoms with Crippen molar-refractivity contribution < 1.29 is 14.2 Å². The summed E-state index contributed by atoms with van der Waals surface area (Å²) in [5.74, 6) is 0.902. The second-order valence-corrected chi connectivity index (χ2v) is 5.00. The molecule has 4 nitrogen and oxygen atoms in total. The van der Waals surface area contributed by atoms with Gasteiger partial charge in [0.05, 0.1) is 18.8 Å². The van der Waals surface area contributed by atoms with Gasteiger partial charge in [0.25, 0.3) is 0 Å². The molecule has 0 heterocycles. The van der Waals surface area contributed by atoms with Gasteiger partial charge in [-0.25, -0.2) is 0 Å².